The molecule has 0 saturated carbocycles. The van der Waals surface area contributed by atoms with Gasteiger partial charge in [-0.2, -0.15) is 0 Å². The number of thioether (sulfide) groups is 1. The molecule has 1 saturated heterocycles. The molecule has 138 valence electrons. The SMILES string of the molecule is CC(C)CCOCCSc1nnc(-c2cccs2)n1CC1CCCO1. The van der Waals surface area contributed by atoms with Gasteiger partial charge in [-0.1, -0.05) is 31.7 Å². The van der Waals surface area contributed by atoms with E-state index in [9.17, 15) is 0 Å². The molecule has 0 aliphatic carbocycles. The third kappa shape index (κ3) is 5.54. The molecule has 25 heavy (non-hydrogen) atoms. The number of aromatic nitrogens is 3. The Labute approximate surface area is 158 Å². The van der Waals surface area contributed by atoms with Crippen LogP contribution in [0, 0.1) is 5.92 Å². The summed E-state index contributed by atoms with van der Waals surface area (Å²) < 4.78 is 13.8. The van der Waals surface area contributed by atoms with Crippen molar-refractivity contribution in [2.24, 2.45) is 5.92 Å². The number of hydrogen-bond acceptors (Lipinski definition) is 6. The van der Waals surface area contributed by atoms with Crippen molar-refractivity contribution >= 4 is 23.1 Å². The summed E-state index contributed by atoms with van der Waals surface area (Å²) in [7, 11) is 0. The fraction of sp³-hybridized carbons (Fsp3) is 0.667. The van der Waals surface area contributed by atoms with E-state index in [4.69, 9.17) is 9.47 Å². The van der Waals surface area contributed by atoms with Crippen molar-refractivity contribution in [2.45, 2.75) is 50.9 Å². The molecule has 5 nitrogen and oxygen atoms in total. The van der Waals surface area contributed by atoms with Crippen molar-refractivity contribution in [2.75, 3.05) is 25.6 Å². The molecule has 1 aliphatic heterocycles. The van der Waals surface area contributed by atoms with Gasteiger partial charge in [0.2, 0.25) is 0 Å². The van der Waals surface area contributed by atoms with Crippen LogP contribution in [0.1, 0.15) is 33.1 Å². The third-order valence-electron chi connectivity index (χ3n) is 4.17. The van der Waals surface area contributed by atoms with E-state index in [1.807, 2.05) is 0 Å². The topological polar surface area (TPSA) is 49.2 Å². The number of thiophene rings is 1. The van der Waals surface area contributed by atoms with E-state index in [0.717, 1.165) is 67.2 Å². The second kappa shape index (κ2) is 9.71. The molecular weight excluding hydrogens is 354 g/mol. The van der Waals surface area contributed by atoms with E-state index in [-0.39, 0.29) is 6.10 Å². The Morgan fingerprint density at radius 2 is 2.32 bits per heavy atom. The Morgan fingerprint density at radius 1 is 1.40 bits per heavy atom. The molecular formula is C18H27N3O2S2. The standard InChI is InChI=1S/C18H27N3O2S2/c1-14(2)7-9-22-10-12-25-18-20-19-17(16-6-4-11-24-16)21(18)13-15-5-3-8-23-15/h4,6,11,14-15H,3,5,7-10,12-13H2,1-2H3. The van der Waals surface area contributed by atoms with Gasteiger partial charge in [-0.15, -0.1) is 21.5 Å². The molecule has 1 atom stereocenters. The van der Waals surface area contributed by atoms with Crippen LogP contribution in [0.4, 0.5) is 0 Å². The second-order valence-electron chi connectivity index (χ2n) is 6.67. The van der Waals surface area contributed by atoms with Crippen LogP contribution in [0.15, 0.2) is 22.7 Å². The summed E-state index contributed by atoms with van der Waals surface area (Å²) >= 11 is 3.42. The van der Waals surface area contributed by atoms with Gasteiger partial charge in [0.15, 0.2) is 11.0 Å². The lowest BCUT2D eigenvalue weighted by molar-refractivity contribution is 0.0953. The van der Waals surface area contributed by atoms with E-state index >= 15 is 0 Å². The maximum Gasteiger partial charge on any atom is 0.191 e. The molecule has 1 aliphatic rings. The van der Waals surface area contributed by atoms with Crippen LogP contribution in [-0.4, -0.2) is 46.4 Å². The quantitative estimate of drug-likeness (QED) is 0.453. The highest BCUT2D eigenvalue weighted by molar-refractivity contribution is 7.99. The Hall–Kier alpha value is -0.890. The summed E-state index contributed by atoms with van der Waals surface area (Å²) in [6, 6.07) is 4.16. The average molecular weight is 382 g/mol. The fourth-order valence-electron chi connectivity index (χ4n) is 2.75. The highest BCUT2D eigenvalue weighted by Crippen LogP contribution is 2.29. The van der Waals surface area contributed by atoms with Crippen molar-refractivity contribution in [3.63, 3.8) is 0 Å². The molecule has 3 rings (SSSR count). The highest BCUT2D eigenvalue weighted by atomic mass is 32.2. The first-order chi connectivity index (χ1) is 12.2. The monoisotopic (exact) mass is 381 g/mol. The van der Waals surface area contributed by atoms with Crippen molar-refractivity contribution in [3.05, 3.63) is 17.5 Å². The predicted molar refractivity (Wildman–Crippen MR) is 103 cm³/mol. The zero-order valence-corrected chi connectivity index (χ0v) is 16.7. The summed E-state index contributed by atoms with van der Waals surface area (Å²) in [5, 5.41) is 11.9. The molecule has 0 N–H and O–H groups in total. The lowest BCUT2D eigenvalue weighted by Crippen LogP contribution is -2.16. The average Bonchev–Trinajstić information content (AvgIpc) is 3.33. The summed E-state index contributed by atoms with van der Waals surface area (Å²) in [5.74, 6) is 2.54. The Morgan fingerprint density at radius 3 is 3.04 bits per heavy atom. The van der Waals surface area contributed by atoms with Gasteiger partial charge in [-0.05, 0) is 36.6 Å². The molecule has 0 radical (unpaired) electrons. The summed E-state index contributed by atoms with van der Waals surface area (Å²) in [5.41, 5.74) is 0. The molecule has 1 fully saturated rings. The maximum atomic E-state index is 5.83. The lowest BCUT2D eigenvalue weighted by Gasteiger charge is -2.14. The first kappa shape index (κ1) is 18.9. The van der Waals surface area contributed by atoms with Crippen LogP contribution in [0.3, 0.4) is 0 Å². The van der Waals surface area contributed by atoms with E-state index < -0.39 is 0 Å². The molecule has 2 aromatic heterocycles. The largest absolute Gasteiger partial charge is 0.381 e. The number of hydrogen-bond donors (Lipinski definition) is 0. The van der Waals surface area contributed by atoms with Gasteiger partial charge < -0.3 is 9.47 Å². The lowest BCUT2D eigenvalue weighted by atomic mass is 10.1. The van der Waals surface area contributed by atoms with Crippen LogP contribution in [0.5, 0.6) is 0 Å². The molecule has 2 aromatic rings. The molecule has 7 heteroatoms. The number of ether oxygens (including phenoxy) is 2. The molecule has 3 heterocycles. The summed E-state index contributed by atoms with van der Waals surface area (Å²) in [6.45, 7) is 7.72. The highest BCUT2D eigenvalue weighted by Gasteiger charge is 2.22. The summed E-state index contributed by atoms with van der Waals surface area (Å²) in [4.78, 5) is 1.16. The van der Waals surface area contributed by atoms with E-state index in [2.05, 4.69) is 46.1 Å². The first-order valence-electron chi connectivity index (χ1n) is 9.03. The zero-order chi connectivity index (χ0) is 17.5. The Kier molecular flexibility index (Phi) is 7.34. The van der Waals surface area contributed by atoms with Gasteiger partial charge >= 0.3 is 0 Å². The zero-order valence-electron chi connectivity index (χ0n) is 15.0. The van der Waals surface area contributed by atoms with Crippen molar-refractivity contribution in [3.8, 4) is 10.7 Å². The van der Waals surface area contributed by atoms with Gasteiger partial charge in [0.05, 0.1) is 24.1 Å². The molecule has 0 spiro atoms. The van der Waals surface area contributed by atoms with Gasteiger partial charge in [-0.25, -0.2) is 0 Å². The van der Waals surface area contributed by atoms with Crippen molar-refractivity contribution < 1.29 is 9.47 Å². The molecule has 0 bridgehead atoms. The van der Waals surface area contributed by atoms with Crippen LogP contribution in [0.2, 0.25) is 0 Å². The molecule has 0 amide bonds. The van der Waals surface area contributed by atoms with E-state index in [0.29, 0.717) is 5.92 Å². The smallest absolute Gasteiger partial charge is 0.191 e. The molecule has 0 aromatic carbocycles. The predicted octanol–water partition coefficient (Wildman–Crippen LogP) is 4.34. The Balaban J connectivity index is 1.60. The maximum absolute atomic E-state index is 5.83. The Bertz CT molecular complexity index is 622. The van der Waals surface area contributed by atoms with E-state index in [1.165, 1.54) is 0 Å². The van der Waals surface area contributed by atoms with Gasteiger partial charge in [0.1, 0.15) is 0 Å². The number of rotatable bonds is 10. The fourth-order valence-corrected chi connectivity index (χ4v) is 4.27. The summed E-state index contributed by atoms with van der Waals surface area (Å²) in [6.07, 6.45) is 3.65. The van der Waals surface area contributed by atoms with Crippen LogP contribution in [-0.2, 0) is 16.0 Å². The van der Waals surface area contributed by atoms with Gasteiger partial charge in [0, 0.05) is 19.0 Å². The van der Waals surface area contributed by atoms with Crippen LogP contribution < -0.4 is 0 Å². The van der Waals surface area contributed by atoms with Gasteiger partial charge in [0.25, 0.3) is 0 Å². The molecule has 1 unspecified atom stereocenters. The third-order valence-corrected chi connectivity index (χ3v) is 5.96. The second-order valence-corrected chi connectivity index (χ2v) is 8.68. The van der Waals surface area contributed by atoms with Gasteiger partial charge in [-0.3, -0.25) is 4.57 Å². The minimum absolute atomic E-state index is 0.274. The minimum atomic E-state index is 0.274. The van der Waals surface area contributed by atoms with Crippen LogP contribution >= 0.6 is 23.1 Å². The van der Waals surface area contributed by atoms with E-state index in [1.54, 1.807) is 23.1 Å². The normalized spacial score (nSPS) is 17.6. The number of nitrogens with zero attached hydrogens (tertiary/aromatic N) is 3. The van der Waals surface area contributed by atoms with Crippen LogP contribution in [0.25, 0.3) is 10.7 Å². The van der Waals surface area contributed by atoms with Crippen molar-refractivity contribution in [1.29, 1.82) is 0 Å². The first-order valence-corrected chi connectivity index (χ1v) is 10.9. The van der Waals surface area contributed by atoms with Crippen molar-refractivity contribution in [1.82, 2.24) is 14.8 Å². The minimum Gasteiger partial charge on any atom is -0.381 e.